The fourth-order valence-corrected chi connectivity index (χ4v) is 2.45. The van der Waals surface area contributed by atoms with Crippen LogP contribution in [0.4, 0.5) is 5.69 Å². The number of nitrogens with one attached hydrogen (secondary N) is 2. The summed E-state index contributed by atoms with van der Waals surface area (Å²) < 4.78 is 0. The van der Waals surface area contributed by atoms with Crippen molar-refractivity contribution in [3.05, 3.63) is 29.3 Å². The molecule has 1 aromatic rings. The third-order valence-corrected chi connectivity index (χ3v) is 3.56. The Bertz CT molecular complexity index is 421. The molecule has 0 aliphatic rings. The number of aryl methyl sites for hydroxylation is 1. The molecule has 1 atom stereocenters. The van der Waals surface area contributed by atoms with Crippen molar-refractivity contribution >= 4 is 23.4 Å². The van der Waals surface area contributed by atoms with Gasteiger partial charge in [0.2, 0.25) is 0 Å². The summed E-state index contributed by atoms with van der Waals surface area (Å²) in [6.07, 6.45) is 3.08. The lowest BCUT2D eigenvalue weighted by Gasteiger charge is -2.16. The Morgan fingerprint density at radius 2 is 2.16 bits per heavy atom. The number of anilines is 1. The summed E-state index contributed by atoms with van der Waals surface area (Å²) in [5, 5.41) is 6.30. The standard InChI is InChI=1S/C15H24N2OS/c1-5-16-14-7-6-11(2)10-13(14)15(18)17-12(3)8-9-19-4/h6-7,10,12,16H,5,8-9H2,1-4H3,(H,17,18). The number of benzene rings is 1. The molecule has 106 valence electrons. The van der Waals surface area contributed by atoms with Crippen LogP contribution >= 0.6 is 11.8 Å². The number of hydrogen-bond donors (Lipinski definition) is 2. The number of carbonyl (C=O) groups is 1. The first-order chi connectivity index (χ1) is 9.08. The molecule has 1 amide bonds. The molecule has 0 heterocycles. The molecule has 0 saturated carbocycles. The van der Waals surface area contributed by atoms with Crippen LogP contribution in [0.3, 0.4) is 0 Å². The molecule has 0 fully saturated rings. The van der Waals surface area contributed by atoms with Gasteiger partial charge in [0.1, 0.15) is 0 Å². The predicted octanol–water partition coefficient (Wildman–Crippen LogP) is 3.30. The van der Waals surface area contributed by atoms with Gasteiger partial charge < -0.3 is 10.6 Å². The summed E-state index contributed by atoms with van der Waals surface area (Å²) in [4.78, 5) is 12.3. The van der Waals surface area contributed by atoms with E-state index in [1.165, 1.54) is 0 Å². The summed E-state index contributed by atoms with van der Waals surface area (Å²) in [5.41, 5.74) is 2.74. The van der Waals surface area contributed by atoms with Crippen molar-refractivity contribution in [3.63, 3.8) is 0 Å². The number of amides is 1. The lowest BCUT2D eigenvalue weighted by atomic mass is 10.1. The lowest BCUT2D eigenvalue weighted by Crippen LogP contribution is -2.33. The van der Waals surface area contributed by atoms with Gasteiger partial charge in [-0.25, -0.2) is 0 Å². The first-order valence-electron chi connectivity index (χ1n) is 6.72. The van der Waals surface area contributed by atoms with E-state index in [2.05, 4.69) is 23.8 Å². The lowest BCUT2D eigenvalue weighted by molar-refractivity contribution is 0.0940. The second-order valence-electron chi connectivity index (χ2n) is 4.74. The van der Waals surface area contributed by atoms with E-state index in [1.807, 2.05) is 32.0 Å². The van der Waals surface area contributed by atoms with Crippen molar-refractivity contribution in [2.45, 2.75) is 33.2 Å². The Labute approximate surface area is 120 Å². The first kappa shape index (κ1) is 15.9. The van der Waals surface area contributed by atoms with Crippen LogP contribution in [-0.2, 0) is 0 Å². The Balaban J connectivity index is 2.77. The molecule has 1 unspecified atom stereocenters. The average molecular weight is 280 g/mol. The molecule has 0 spiro atoms. The van der Waals surface area contributed by atoms with Crippen LogP contribution in [0.2, 0.25) is 0 Å². The van der Waals surface area contributed by atoms with Crippen LogP contribution in [0.1, 0.15) is 36.2 Å². The molecule has 0 aliphatic carbocycles. The summed E-state index contributed by atoms with van der Waals surface area (Å²) in [5.74, 6) is 1.07. The van der Waals surface area contributed by atoms with E-state index >= 15 is 0 Å². The molecule has 1 rings (SSSR count). The summed E-state index contributed by atoms with van der Waals surface area (Å²) in [6.45, 7) is 6.90. The van der Waals surface area contributed by atoms with Crippen LogP contribution in [0.15, 0.2) is 18.2 Å². The van der Waals surface area contributed by atoms with Gasteiger partial charge in [0.05, 0.1) is 5.56 Å². The van der Waals surface area contributed by atoms with Crippen LogP contribution in [0.25, 0.3) is 0 Å². The molecule has 3 nitrogen and oxygen atoms in total. The monoisotopic (exact) mass is 280 g/mol. The maximum Gasteiger partial charge on any atom is 0.253 e. The maximum atomic E-state index is 12.3. The van der Waals surface area contributed by atoms with Gasteiger partial charge in [-0.05, 0) is 51.3 Å². The molecule has 0 aliphatic heterocycles. The van der Waals surface area contributed by atoms with Gasteiger partial charge in [0.25, 0.3) is 5.91 Å². The van der Waals surface area contributed by atoms with E-state index < -0.39 is 0 Å². The minimum Gasteiger partial charge on any atom is -0.385 e. The molecule has 0 saturated heterocycles. The van der Waals surface area contributed by atoms with Crippen LogP contribution in [0.5, 0.6) is 0 Å². The highest BCUT2D eigenvalue weighted by Gasteiger charge is 2.13. The predicted molar refractivity (Wildman–Crippen MR) is 85.3 cm³/mol. The minimum atomic E-state index is 0.00764. The van der Waals surface area contributed by atoms with E-state index in [1.54, 1.807) is 11.8 Å². The highest BCUT2D eigenvalue weighted by molar-refractivity contribution is 7.98. The Kier molecular flexibility index (Phi) is 6.78. The van der Waals surface area contributed by atoms with Gasteiger partial charge in [0, 0.05) is 18.3 Å². The minimum absolute atomic E-state index is 0.00764. The van der Waals surface area contributed by atoms with Gasteiger partial charge >= 0.3 is 0 Å². The van der Waals surface area contributed by atoms with Gasteiger partial charge in [0.15, 0.2) is 0 Å². The van der Waals surface area contributed by atoms with Gasteiger partial charge in [-0.3, -0.25) is 4.79 Å². The summed E-state index contributed by atoms with van der Waals surface area (Å²) in [7, 11) is 0. The van der Waals surface area contributed by atoms with E-state index in [9.17, 15) is 4.79 Å². The van der Waals surface area contributed by atoms with Crippen molar-refractivity contribution in [3.8, 4) is 0 Å². The van der Waals surface area contributed by atoms with Crippen molar-refractivity contribution < 1.29 is 4.79 Å². The second kappa shape index (κ2) is 8.10. The van der Waals surface area contributed by atoms with Crippen LogP contribution in [0, 0.1) is 6.92 Å². The molecule has 0 aromatic heterocycles. The molecule has 2 N–H and O–H groups in total. The zero-order valence-electron chi connectivity index (χ0n) is 12.2. The third kappa shape index (κ3) is 5.15. The number of rotatable bonds is 7. The average Bonchev–Trinajstić information content (AvgIpc) is 2.38. The third-order valence-electron chi connectivity index (χ3n) is 2.92. The number of hydrogen-bond acceptors (Lipinski definition) is 3. The Morgan fingerprint density at radius 3 is 2.79 bits per heavy atom. The zero-order chi connectivity index (χ0) is 14.3. The highest BCUT2D eigenvalue weighted by atomic mass is 32.2. The van der Waals surface area contributed by atoms with Gasteiger partial charge in [-0.15, -0.1) is 0 Å². The molecular formula is C15H24N2OS. The largest absolute Gasteiger partial charge is 0.385 e. The topological polar surface area (TPSA) is 41.1 Å². The molecule has 0 bridgehead atoms. The fraction of sp³-hybridized carbons (Fsp3) is 0.533. The Morgan fingerprint density at radius 1 is 1.42 bits per heavy atom. The number of carbonyl (C=O) groups excluding carboxylic acids is 1. The maximum absolute atomic E-state index is 12.3. The normalized spacial score (nSPS) is 12.0. The fourth-order valence-electron chi connectivity index (χ4n) is 1.86. The summed E-state index contributed by atoms with van der Waals surface area (Å²) >= 11 is 1.80. The van der Waals surface area contributed by atoms with Gasteiger partial charge in [-0.2, -0.15) is 11.8 Å². The molecule has 0 radical (unpaired) electrons. The summed E-state index contributed by atoms with van der Waals surface area (Å²) in [6, 6.07) is 6.14. The SMILES string of the molecule is CCNc1ccc(C)cc1C(=O)NC(C)CCSC. The van der Waals surface area contributed by atoms with Crippen molar-refractivity contribution in [2.75, 3.05) is 23.9 Å². The van der Waals surface area contributed by atoms with E-state index in [4.69, 9.17) is 0 Å². The van der Waals surface area contributed by atoms with E-state index in [0.29, 0.717) is 0 Å². The van der Waals surface area contributed by atoms with Crippen molar-refractivity contribution in [2.24, 2.45) is 0 Å². The number of thioether (sulfide) groups is 1. The van der Waals surface area contributed by atoms with E-state index in [-0.39, 0.29) is 11.9 Å². The van der Waals surface area contributed by atoms with Crippen molar-refractivity contribution in [1.29, 1.82) is 0 Å². The molecular weight excluding hydrogens is 256 g/mol. The van der Waals surface area contributed by atoms with E-state index in [0.717, 1.165) is 35.5 Å². The highest BCUT2D eigenvalue weighted by Crippen LogP contribution is 2.17. The second-order valence-corrected chi connectivity index (χ2v) is 5.72. The molecule has 19 heavy (non-hydrogen) atoms. The quantitative estimate of drug-likeness (QED) is 0.805. The first-order valence-corrected chi connectivity index (χ1v) is 8.12. The molecule has 4 heteroatoms. The van der Waals surface area contributed by atoms with Crippen LogP contribution < -0.4 is 10.6 Å². The smallest absolute Gasteiger partial charge is 0.253 e. The van der Waals surface area contributed by atoms with Gasteiger partial charge in [-0.1, -0.05) is 11.6 Å². The van der Waals surface area contributed by atoms with Crippen molar-refractivity contribution in [1.82, 2.24) is 5.32 Å². The molecule has 1 aromatic carbocycles. The Hall–Kier alpha value is -1.16. The van der Waals surface area contributed by atoms with Crippen LogP contribution in [-0.4, -0.2) is 30.5 Å². The zero-order valence-corrected chi connectivity index (χ0v) is 13.1.